The number of rotatable bonds is 5. The standard InChI is InChI=1S/C16H25N5O4.C2HF3O2/c1-17-14(22)13-8-25-16(9-19(13)2)10-20(11-16)15(23)12-4-5-21(18-12)6-7-24-3;3-2(4,5)1(6)7/h4-5,13H,6-11H2,1-3H3,(H,17,22);(H,6,7). The van der Waals surface area contributed by atoms with E-state index in [-0.39, 0.29) is 23.5 Å². The number of hydrogen-bond donors (Lipinski definition) is 2. The molecule has 32 heavy (non-hydrogen) atoms. The van der Waals surface area contributed by atoms with Crippen LogP contribution in [-0.2, 0) is 25.6 Å². The number of methoxy groups -OCH3 is 1. The van der Waals surface area contributed by atoms with Gasteiger partial charge in [0.1, 0.15) is 17.3 Å². The average molecular weight is 465 g/mol. The molecule has 2 saturated heterocycles. The maximum Gasteiger partial charge on any atom is 0.490 e. The summed E-state index contributed by atoms with van der Waals surface area (Å²) in [6.45, 7) is 3.15. The third kappa shape index (κ3) is 6.17. The predicted octanol–water partition coefficient (Wildman–Crippen LogP) is -0.566. The third-order valence-electron chi connectivity index (χ3n) is 5.04. The monoisotopic (exact) mass is 465 g/mol. The Balaban J connectivity index is 0.000000451. The minimum Gasteiger partial charge on any atom is -0.475 e. The lowest BCUT2D eigenvalue weighted by molar-refractivity contribution is -0.192. The summed E-state index contributed by atoms with van der Waals surface area (Å²) in [4.78, 5) is 37.0. The first-order valence-electron chi connectivity index (χ1n) is 9.60. The number of halogens is 3. The van der Waals surface area contributed by atoms with E-state index < -0.39 is 12.1 Å². The van der Waals surface area contributed by atoms with Crippen molar-refractivity contribution in [1.29, 1.82) is 0 Å². The summed E-state index contributed by atoms with van der Waals surface area (Å²) in [5.74, 6) is -2.90. The molecule has 0 bridgehead atoms. The summed E-state index contributed by atoms with van der Waals surface area (Å²) < 4.78 is 44.4. The molecule has 2 amide bonds. The first-order chi connectivity index (χ1) is 14.9. The summed E-state index contributed by atoms with van der Waals surface area (Å²) in [5.41, 5.74) is 0.0476. The zero-order valence-corrected chi connectivity index (χ0v) is 17.9. The van der Waals surface area contributed by atoms with Crippen molar-refractivity contribution in [2.24, 2.45) is 0 Å². The SMILES string of the molecule is CNC(=O)C1COC2(CN(C(=O)c3ccn(CCOC)n3)C2)CN1C.O=C(O)C(F)(F)F. The van der Waals surface area contributed by atoms with Crippen LogP contribution in [0.1, 0.15) is 10.5 Å². The van der Waals surface area contributed by atoms with Crippen LogP contribution in [-0.4, -0.2) is 114 Å². The second kappa shape index (κ2) is 10.3. The van der Waals surface area contributed by atoms with E-state index in [0.717, 1.165) is 0 Å². The summed E-state index contributed by atoms with van der Waals surface area (Å²) in [7, 11) is 5.16. The zero-order chi connectivity index (χ0) is 24.1. The fourth-order valence-electron chi connectivity index (χ4n) is 3.37. The summed E-state index contributed by atoms with van der Waals surface area (Å²) in [6, 6.07) is 1.44. The molecule has 0 saturated carbocycles. The number of hydrogen-bond acceptors (Lipinski definition) is 7. The maximum atomic E-state index is 12.5. The van der Waals surface area contributed by atoms with E-state index in [0.29, 0.717) is 45.1 Å². The number of ether oxygens (including phenoxy) is 2. The Bertz CT molecular complexity index is 824. The Morgan fingerprint density at radius 2 is 1.97 bits per heavy atom. The predicted molar refractivity (Wildman–Crippen MR) is 103 cm³/mol. The number of nitrogens with zero attached hydrogens (tertiary/aromatic N) is 4. The highest BCUT2D eigenvalue weighted by molar-refractivity contribution is 5.93. The topological polar surface area (TPSA) is 126 Å². The molecule has 1 unspecified atom stereocenters. The normalized spacial score (nSPS) is 20.2. The van der Waals surface area contributed by atoms with Gasteiger partial charge in [0, 0.05) is 26.9 Å². The van der Waals surface area contributed by atoms with Crippen molar-refractivity contribution in [2.45, 2.75) is 24.4 Å². The largest absolute Gasteiger partial charge is 0.490 e. The fourth-order valence-corrected chi connectivity index (χ4v) is 3.37. The molecule has 0 radical (unpaired) electrons. The molecule has 14 heteroatoms. The highest BCUT2D eigenvalue weighted by Gasteiger charge is 2.51. The van der Waals surface area contributed by atoms with Crippen molar-refractivity contribution >= 4 is 17.8 Å². The average Bonchev–Trinajstić information content (AvgIpc) is 3.18. The van der Waals surface area contributed by atoms with Crippen LogP contribution in [0.3, 0.4) is 0 Å². The van der Waals surface area contributed by atoms with E-state index in [9.17, 15) is 22.8 Å². The molecule has 1 aromatic heterocycles. The number of aliphatic carboxylic acids is 1. The molecule has 1 spiro atoms. The van der Waals surface area contributed by atoms with E-state index in [4.69, 9.17) is 19.4 Å². The van der Waals surface area contributed by atoms with Crippen molar-refractivity contribution in [3.63, 3.8) is 0 Å². The lowest BCUT2D eigenvalue weighted by atomic mass is 9.90. The first-order valence-corrected chi connectivity index (χ1v) is 9.60. The Morgan fingerprint density at radius 1 is 1.34 bits per heavy atom. The summed E-state index contributed by atoms with van der Waals surface area (Å²) in [6.07, 6.45) is -3.30. The van der Waals surface area contributed by atoms with Crippen LogP contribution in [0.25, 0.3) is 0 Å². The molecule has 2 aliphatic heterocycles. The zero-order valence-electron chi connectivity index (χ0n) is 17.9. The third-order valence-corrected chi connectivity index (χ3v) is 5.04. The van der Waals surface area contributed by atoms with Crippen LogP contribution in [0.5, 0.6) is 0 Å². The highest BCUT2D eigenvalue weighted by atomic mass is 19.4. The number of likely N-dealkylation sites (N-methyl/N-ethyl adjacent to an activating group) is 2. The number of carboxylic acids is 1. The van der Waals surface area contributed by atoms with Gasteiger partial charge in [-0.25, -0.2) is 4.79 Å². The van der Waals surface area contributed by atoms with Gasteiger partial charge in [0.05, 0.1) is 32.8 Å². The Hall–Kier alpha value is -2.71. The molecule has 1 atom stereocenters. The number of morpholine rings is 1. The van der Waals surface area contributed by atoms with Crippen molar-refractivity contribution in [2.75, 3.05) is 54.1 Å². The molecular weight excluding hydrogens is 439 g/mol. The number of aromatic nitrogens is 2. The van der Waals surface area contributed by atoms with Gasteiger partial charge in [-0.05, 0) is 13.1 Å². The van der Waals surface area contributed by atoms with Crippen molar-refractivity contribution in [1.82, 2.24) is 24.9 Å². The van der Waals surface area contributed by atoms with E-state index in [1.165, 1.54) is 0 Å². The Labute approximate surface area is 182 Å². The van der Waals surface area contributed by atoms with Gasteiger partial charge in [-0.15, -0.1) is 0 Å². The fraction of sp³-hybridized carbons (Fsp3) is 0.667. The molecule has 0 aliphatic carbocycles. The van der Waals surface area contributed by atoms with Crippen molar-refractivity contribution in [3.05, 3.63) is 18.0 Å². The van der Waals surface area contributed by atoms with E-state index in [1.807, 2.05) is 11.9 Å². The van der Waals surface area contributed by atoms with Crippen LogP contribution in [0.15, 0.2) is 12.3 Å². The Kier molecular flexibility index (Phi) is 8.20. The van der Waals surface area contributed by atoms with Gasteiger partial charge in [-0.1, -0.05) is 0 Å². The highest BCUT2D eigenvalue weighted by Crippen LogP contribution is 2.31. The lowest BCUT2D eigenvalue weighted by Crippen LogP contribution is -2.73. The van der Waals surface area contributed by atoms with Gasteiger partial charge in [0.2, 0.25) is 5.91 Å². The number of carboxylic acid groups (broad SMARTS) is 1. The quantitative estimate of drug-likeness (QED) is 0.593. The van der Waals surface area contributed by atoms with Crippen LogP contribution in [0.2, 0.25) is 0 Å². The molecule has 3 rings (SSSR count). The van der Waals surface area contributed by atoms with E-state index >= 15 is 0 Å². The first kappa shape index (κ1) is 25.5. The van der Waals surface area contributed by atoms with Crippen LogP contribution >= 0.6 is 0 Å². The smallest absolute Gasteiger partial charge is 0.475 e. The van der Waals surface area contributed by atoms with Gasteiger partial charge in [-0.3, -0.25) is 19.2 Å². The molecule has 1 aromatic rings. The van der Waals surface area contributed by atoms with Gasteiger partial charge in [0.15, 0.2) is 0 Å². The number of alkyl halides is 3. The van der Waals surface area contributed by atoms with Gasteiger partial charge < -0.3 is 24.8 Å². The minimum absolute atomic E-state index is 0.0498. The summed E-state index contributed by atoms with van der Waals surface area (Å²) >= 11 is 0. The molecular formula is C18H26F3N5O6. The second-order valence-corrected chi connectivity index (χ2v) is 7.46. The van der Waals surface area contributed by atoms with Gasteiger partial charge in [0.25, 0.3) is 5.91 Å². The van der Waals surface area contributed by atoms with Crippen LogP contribution < -0.4 is 5.32 Å². The molecule has 0 aromatic carbocycles. The minimum atomic E-state index is -5.08. The molecule has 180 valence electrons. The maximum absolute atomic E-state index is 12.5. The second-order valence-electron chi connectivity index (χ2n) is 7.46. The number of carbonyl (C=O) groups excluding carboxylic acids is 2. The molecule has 3 heterocycles. The Morgan fingerprint density at radius 3 is 2.47 bits per heavy atom. The van der Waals surface area contributed by atoms with E-state index in [2.05, 4.69) is 10.4 Å². The number of carbonyl (C=O) groups is 3. The van der Waals surface area contributed by atoms with Crippen molar-refractivity contribution < 1.29 is 42.1 Å². The number of nitrogens with one attached hydrogen (secondary N) is 1. The van der Waals surface area contributed by atoms with Gasteiger partial charge >= 0.3 is 12.1 Å². The van der Waals surface area contributed by atoms with Crippen LogP contribution in [0, 0.1) is 0 Å². The van der Waals surface area contributed by atoms with Gasteiger partial charge in [-0.2, -0.15) is 18.3 Å². The number of amides is 2. The molecule has 11 nitrogen and oxygen atoms in total. The molecule has 2 aliphatic rings. The van der Waals surface area contributed by atoms with E-state index in [1.54, 1.807) is 36.0 Å². The van der Waals surface area contributed by atoms with Crippen LogP contribution in [0.4, 0.5) is 13.2 Å². The number of likely N-dealkylation sites (tertiary alicyclic amines) is 1. The van der Waals surface area contributed by atoms with Crippen molar-refractivity contribution in [3.8, 4) is 0 Å². The lowest BCUT2D eigenvalue weighted by Gasteiger charge is -2.54. The molecule has 2 fully saturated rings. The summed E-state index contributed by atoms with van der Waals surface area (Å²) in [5, 5.41) is 14.1. The molecule has 2 N–H and O–H groups in total.